The Balaban J connectivity index is 1.49. The molecule has 3 rings (SSSR count). The molecule has 0 spiro atoms. The zero-order valence-electron chi connectivity index (χ0n) is 13.3. The number of ether oxygens (including phenoxy) is 1. The summed E-state index contributed by atoms with van der Waals surface area (Å²) in [6.07, 6.45) is 5.90. The number of nitrogens with zero attached hydrogens (tertiary/aromatic N) is 3. The summed E-state index contributed by atoms with van der Waals surface area (Å²) in [7, 11) is 0. The van der Waals surface area contributed by atoms with Crippen LogP contribution in [-0.4, -0.2) is 34.1 Å². The third kappa shape index (κ3) is 4.04. The molecule has 0 aliphatic carbocycles. The molecule has 1 aliphatic heterocycles. The Morgan fingerprint density at radius 3 is 2.50 bits per heavy atom. The number of aryl methyl sites for hydroxylation is 2. The molecule has 0 bridgehead atoms. The third-order valence-corrected chi connectivity index (χ3v) is 4.05. The van der Waals surface area contributed by atoms with Crippen LogP contribution in [0.1, 0.15) is 29.5 Å². The fourth-order valence-corrected chi connectivity index (χ4v) is 2.84. The minimum Gasteiger partial charge on any atom is -0.460 e. The monoisotopic (exact) mass is 297 g/mol. The van der Waals surface area contributed by atoms with Gasteiger partial charge in [0.2, 0.25) is 0 Å². The first-order chi connectivity index (χ1) is 10.7. The van der Waals surface area contributed by atoms with E-state index in [9.17, 15) is 0 Å². The van der Waals surface area contributed by atoms with E-state index >= 15 is 0 Å². The number of hydrogen-bond acceptors (Lipinski definition) is 4. The van der Waals surface area contributed by atoms with E-state index in [1.807, 2.05) is 6.92 Å². The molecule has 0 amide bonds. The molecular weight excluding hydrogens is 274 g/mol. The summed E-state index contributed by atoms with van der Waals surface area (Å²) in [6, 6.07) is 9.25. The number of piperidine rings is 1. The first-order valence-electron chi connectivity index (χ1n) is 7.92. The van der Waals surface area contributed by atoms with Crippen molar-refractivity contribution in [2.45, 2.75) is 39.3 Å². The molecule has 1 saturated heterocycles. The third-order valence-electron chi connectivity index (χ3n) is 4.05. The van der Waals surface area contributed by atoms with Gasteiger partial charge in [0.1, 0.15) is 6.10 Å². The van der Waals surface area contributed by atoms with Crippen molar-refractivity contribution < 1.29 is 4.74 Å². The van der Waals surface area contributed by atoms with Gasteiger partial charge in [0.05, 0.1) is 0 Å². The quantitative estimate of drug-likeness (QED) is 0.869. The molecule has 0 atom stereocenters. The van der Waals surface area contributed by atoms with Gasteiger partial charge in [-0.15, -0.1) is 0 Å². The molecule has 1 aromatic heterocycles. The number of rotatable bonds is 4. The summed E-state index contributed by atoms with van der Waals surface area (Å²) in [5, 5.41) is 0. The van der Waals surface area contributed by atoms with Crippen molar-refractivity contribution in [3.63, 3.8) is 0 Å². The van der Waals surface area contributed by atoms with Crippen LogP contribution in [0.4, 0.5) is 0 Å². The van der Waals surface area contributed by atoms with Gasteiger partial charge in [0.15, 0.2) is 0 Å². The van der Waals surface area contributed by atoms with Crippen LogP contribution < -0.4 is 4.74 Å². The summed E-state index contributed by atoms with van der Waals surface area (Å²) in [4.78, 5) is 10.9. The number of likely N-dealkylation sites (tertiary alicyclic amines) is 1. The first-order valence-corrected chi connectivity index (χ1v) is 7.92. The fraction of sp³-hybridized carbons (Fsp3) is 0.444. The van der Waals surface area contributed by atoms with E-state index < -0.39 is 0 Å². The van der Waals surface area contributed by atoms with Gasteiger partial charge in [0, 0.05) is 32.0 Å². The SMILES string of the molecule is Cc1cnc(OC2CCN(Cc3cccc(C)c3)CC2)nc1. The highest BCUT2D eigenvalue weighted by Gasteiger charge is 2.21. The minimum atomic E-state index is 0.233. The predicted octanol–water partition coefficient (Wildman–Crippen LogP) is 3.14. The molecule has 1 aliphatic rings. The Morgan fingerprint density at radius 1 is 1.09 bits per heavy atom. The second kappa shape index (κ2) is 6.88. The molecule has 2 heterocycles. The number of aromatic nitrogens is 2. The Hall–Kier alpha value is -1.94. The summed E-state index contributed by atoms with van der Waals surface area (Å²) >= 11 is 0. The lowest BCUT2D eigenvalue weighted by Crippen LogP contribution is -2.38. The van der Waals surface area contributed by atoms with Gasteiger partial charge in [0.25, 0.3) is 0 Å². The van der Waals surface area contributed by atoms with Crippen LogP contribution in [0.2, 0.25) is 0 Å². The Kier molecular flexibility index (Phi) is 4.68. The second-order valence-corrected chi connectivity index (χ2v) is 6.13. The first kappa shape index (κ1) is 15.0. The molecule has 0 N–H and O–H groups in total. The normalized spacial score (nSPS) is 16.6. The van der Waals surface area contributed by atoms with Gasteiger partial charge >= 0.3 is 6.01 Å². The molecule has 22 heavy (non-hydrogen) atoms. The molecule has 0 saturated carbocycles. The van der Waals surface area contributed by atoms with Gasteiger partial charge in [-0.1, -0.05) is 29.8 Å². The van der Waals surface area contributed by atoms with Crippen LogP contribution in [0.5, 0.6) is 6.01 Å². The molecule has 116 valence electrons. The summed E-state index contributed by atoms with van der Waals surface area (Å²) in [5.41, 5.74) is 3.77. The smallest absolute Gasteiger partial charge is 0.316 e. The highest BCUT2D eigenvalue weighted by molar-refractivity contribution is 5.22. The number of benzene rings is 1. The second-order valence-electron chi connectivity index (χ2n) is 6.13. The zero-order chi connectivity index (χ0) is 15.4. The predicted molar refractivity (Wildman–Crippen MR) is 86.9 cm³/mol. The van der Waals surface area contributed by atoms with Crippen molar-refractivity contribution in [1.82, 2.24) is 14.9 Å². The van der Waals surface area contributed by atoms with E-state index in [1.165, 1.54) is 11.1 Å². The highest BCUT2D eigenvalue weighted by atomic mass is 16.5. The van der Waals surface area contributed by atoms with Crippen LogP contribution in [0, 0.1) is 13.8 Å². The van der Waals surface area contributed by atoms with Crippen LogP contribution in [0.3, 0.4) is 0 Å². The molecule has 1 fully saturated rings. The topological polar surface area (TPSA) is 38.2 Å². The van der Waals surface area contributed by atoms with Crippen molar-refractivity contribution in [2.75, 3.05) is 13.1 Å². The summed E-state index contributed by atoms with van der Waals surface area (Å²) < 4.78 is 5.88. The van der Waals surface area contributed by atoms with E-state index in [0.29, 0.717) is 6.01 Å². The summed E-state index contributed by atoms with van der Waals surface area (Å²) in [6.45, 7) is 7.27. The Bertz CT molecular complexity index is 604. The van der Waals surface area contributed by atoms with Crippen molar-refractivity contribution in [3.05, 3.63) is 53.3 Å². The molecule has 0 unspecified atom stereocenters. The van der Waals surface area contributed by atoms with Gasteiger partial charge in [-0.3, -0.25) is 4.90 Å². The van der Waals surface area contributed by atoms with E-state index in [4.69, 9.17) is 4.74 Å². The standard InChI is InChI=1S/C18H23N3O/c1-14-4-3-5-16(10-14)13-21-8-6-17(7-9-21)22-18-19-11-15(2)12-20-18/h3-5,10-12,17H,6-9,13H2,1-2H3. The van der Waals surface area contributed by atoms with Gasteiger partial charge < -0.3 is 4.74 Å². The average molecular weight is 297 g/mol. The van der Waals surface area contributed by atoms with Crippen molar-refractivity contribution in [3.8, 4) is 6.01 Å². The van der Waals surface area contributed by atoms with E-state index in [1.54, 1.807) is 12.4 Å². The molecule has 4 heteroatoms. The molecular formula is C18H23N3O. The van der Waals surface area contributed by atoms with Crippen LogP contribution in [-0.2, 0) is 6.54 Å². The Labute approximate surface area is 132 Å². The van der Waals surface area contributed by atoms with Crippen molar-refractivity contribution in [2.24, 2.45) is 0 Å². The van der Waals surface area contributed by atoms with Gasteiger partial charge in [-0.25, -0.2) is 9.97 Å². The lowest BCUT2D eigenvalue weighted by Gasteiger charge is -2.31. The zero-order valence-corrected chi connectivity index (χ0v) is 13.3. The van der Waals surface area contributed by atoms with E-state index in [2.05, 4.69) is 46.1 Å². The minimum absolute atomic E-state index is 0.233. The van der Waals surface area contributed by atoms with E-state index in [0.717, 1.165) is 38.0 Å². The molecule has 4 nitrogen and oxygen atoms in total. The maximum atomic E-state index is 5.88. The fourth-order valence-electron chi connectivity index (χ4n) is 2.84. The maximum absolute atomic E-state index is 5.88. The molecule has 0 radical (unpaired) electrons. The van der Waals surface area contributed by atoms with Gasteiger partial charge in [-0.2, -0.15) is 0 Å². The van der Waals surface area contributed by atoms with Crippen molar-refractivity contribution >= 4 is 0 Å². The molecule has 1 aromatic carbocycles. The summed E-state index contributed by atoms with van der Waals surface area (Å²) in [5.74, 6) is 0. The van der Waals surface area contributed by atoms with Gasteiger partial charge in [-0.05, 0) is 37.8 Å². The average Bonchev–Trinajstić information content (AvgIpc) is 2.52. The van der Waals surface area contributed by atoms with Crippen LogP contribution in [0.25, 0.3) is 0 Å². The highest BCUT2D eigenvalue weighted by Crippen LogP contribution is 2.18. The maximum Gasteiger partial charge on any atom is 0.316 e. The molecule has 2 aromatic rings. The van der Waals surface area contributed by atoms with Crippen LogP contribution in [0.15, 0.2) is 36.7 Å². The number of hydrogen-bond donors (Lipinski definition) is 0. The van der Waals surface area contributed by atoms with Crippen LogP contribution >= 0.6 is 0 Å². The lowest BCUT2D eigenvalue weighted by molar-refractivity contribution is 0.0892. The Morgan fingerprint density at radius 2 is 1.82 bits per heavy atom. The van der Waals surface area contributed by atoms with E-state index in [-0.39, 0.29) is 6.10 Å². The lowest BCUT2D eigenvalue weighted by atomic mass is 10.1. The van der Waals surface area contributed by atoms with Crippen molar-refractivity contribution in [1.29, 1.82) is 0 Å². The largest absolute Gasteiger partial charge is 0.460 e.